The van der Waals surface area contributed by atoms with Gasteiger partial charge in [0.05, 0.1) is 25.3 Å². The quantitative estimate of drug-likeness (QED) is 0.536. The number of halogens is 3. The molecule has 2 rings (SSSR count). The smallest absolute Gasteiger partial charge is 0.416 e. The Hall–Kier alpha value is -2.33. The van der Waals surface area contributed by atoms with Crippen molar-refractivity contribution in [3.05, 3.63) is 53.6 Å². The molecule has 27 heavy (non-hydrogen) atoms. The number of hydrogen-bond donors (Lipinski definition) is 0. The molecule has 0 amide bonds. The molecule has 0 heterocycles. The number of aryl methyl sites for hydroxylation is 1. The van der Waals surface area contributed by atoms with Gasteiger partial charge >= 0.3 is 6.18 Å². The van der Waals surface area contributed by atoms with Crippen LogP contribution in [0, 0.1) is 24.2 Å². The molecule has 144 valence electrons. The van der Waals surface area contributed by atoms with Gasteiger partial charge in [0.15, 0.2) is 0 Å². The van der Waals surface area contributed by atoms with E-state index in [4.69, 9.17) is 14.7 Å². The van der Waals surface area contributed by atoms with Gasteiger partial charge in [0.2, 0.25) is 0 Å². The number of rotatable bonds is 8. The van der Waals surface area contributed by atoms with Crippen molar-refractivity contribution >= 4 is 11.8 Å². The van der Waals surface area contributed by atoms with E-state index < -0.39 is 11.7 Å². The second-order valence-electron chi connectivity index (χ2n) is 6.00. The summed E-state index contributed by atoms with van der Waals surface area (Å²) in [5.41, 5.74) is 0.314. The Balaban J connectivity index is 1.91. The average Bonchev–Trinajstić information content (AvgIpc) is 2.63. The molecule has 0 fully saturated rings. The molecule has 0 spiro atoms. The lowest BCUT2D eigenvalue weighted by atomic mass is 10.1. The van der Waals surface area contributed by atoms with Gasteiger partial charge in [-0.25, -0.2) is 0 Å². The van der Waals surface area contributed by atoms with Crippen molar-refractivity contribution in [3.63, 3.8) is 0 Å². The maximum atomic E-state index is 12.6. The molecular formula is C20H20F3NO2S. The summed E-state index contributed by atoms with van der Waals surface area (Å²) in [7, 11) is 1.62. The highest BCUT2D eigenvalue weighted by atomic mass is 32.2. The number of ether oxygens (including phenoxy) is 2. The molecule has 2 aromatic rings. The van der Waals surface area contributed by atoms with E-state index in [1.165, 1.54) is 12.1 Å². The van der Waals surface area contributed by atoms with Gasteiger partial charge in [0.1, 0.15) is 11.5 Å². The van der Waals surface area contributed by atoms with Gasteiger partial charge < -0.3 is 9.47 Å². The zero-order valence-corrected chi connectivity index (χ0v) is 15.9. The summed E-state index contributed by atoms with van der Waals surface area (Å²) in [5, 5.41) is 9.01. The molecule has 1 unspecified atom stereocenters. The number of methoxy groups -OCH3 is 1. The molecule has 0 bridgehead atoms. The molecule has 0 radical (unpaired) electrons. The molecule has 3 nitrogen and oxygen atoms in total. The second kappa shape index (κ2) is 9.56. The Kier molecular flexibility index (Phi) is 7.43. The number of hydrogen-bond acceptors (Lipinski definition) is 4. The number of nitrogens with zero attached hydrogens (tertiary/aromatic N) is 1. The molecule has 0 saturated heterocycles. The Labute approximate surface area is 161 Å². The Bertz CT molecular complexity index is 785. The van der Waals surface area contributed by atoms with Crippen LogP contribution < -0.4 is 9.47 Å². The summed E-state index contributed by atoms with van der Waals surface area (Å²) < 4.78 is 48.6. The summed E-state index contributed by atoms with van der Waals surface area (Å²) in [6, 6.07) is 12.6. The second-order valence-corrected chi connectivity index (χ2v) is 7.10. The summed E-state index contributed by atoms with van der Waals surface area (Å²) in [4.78, 5) is 1.06. The van der Waals surface area contributed by atoms with Gasteiger partial charge in [-0.1, -0.05) is 0 Å². The zero-order chi connectivity index (χ0) is 19.9. The normalized spacial score (nSPS) is 12.3. The molecule has 0 aliphatic heterocycles. The van der Waals surface area contributed by atoms with Crippen LogP contribution in [0.1, 0.15) is 17.5 Å². The van der Waals surface area contributed by atoms with Gasteiger partial charge in [-0.2, -0.15) is 18.4 Å². The minimum atomic E-state index is -4.37. The van der Waals surface area contributed by atoms with Gasteiger partial charge in [0, 0.05) is 23.0 Å². The fraction of sp³-hybridized carbons (Fsp3) is 0.350. The van der Waals surface area contributed by atoms with Crippen molar-refractivity contribution < 1.29 is 22.6 Å². The lowest BCUT2D eigenvalue weighted by Gasteiger charge is -2.16. The van der Waals surface area contributed by atoms with Crippen LogP contribution in [-0.2, 0) is 6.18 Å². The van der Waals surface area contributed by atoms with Crippen LogP contribution in [0.15, 0.2) is 47.4 Å². The predicted octanol–water partition coefficient (Wildman–Crippen LogP) is 5.72. The number of alkyl halides is 3. The van der Waals surface area contributed by atoms with E-state index in [1.807, 2.05) is 25.1 Å². The van der Waals surface area contributed by atoms with E-state index in [9.17, 15) is 13.2 Å². The summed E-state index contributed by atoms with van der Waals surface area (Å²) in [6.45, 7) is 2.23. The maximum Gasteiger partial charge on any atom is 0.416 e. The zero-order valence-electron chi connectivity index (χ0n) is 15.0. The Morgan fingerprint density at radius 1 is 1.15 bits per heavy atom. The highest BCUT2D eigenvalue weighted by Gasteiger charge is 2.30. The van der Waals surface area contributed by atoms with Crippen LogP contribution in [0.3, 0.4) is 0 Å². The largest absolute Gasteiger partial charge is 0.496 e. The standard InChI is InChI=1S/C20H20F3NO2S/c1-14-11-18(7-8-19(14)25-2)27-13-15(9-10-24)12-26-17-5-3-16(4-6-17)20(21,22)23/h3-8,11,15H,9,12-13H2,1-2H3. The van der Waals surface area contributed by atoms with Crippen molar-refractivity contribution in [2.45, 2.75) is 24.4 Å². The van der Waals surface area contributed by atoms with Crippen LogP contribution in [0.4, 0.5) is 13.2 Å². The van der Waals surface area contributed by atoms with Gasteiger partial charge in [-0.05, 0) is 55.0 Å². The minimum Gasteiger partial charge on any atom is -0.496 e. The third-order valence-electron chi connectivity index (χ3n) is 3.90. The highest BCUT2D eigenvalue weighted by molar-refractivity contribution is 7.99. The van der Waals surface area contributed by atoms with Crippen molar-refractivity contribution in [3.8, 4) is 17.6 Å². The number of nitriles is 1. The fourth-order valence-corrected chi connectivity index (χ4v) is 3.47. The third kappa shape index (κ3) is 6.40. The Morgan fingerprint density at radius 3 is 2.41 bits per heavy atom. The van der Waals surface area contributed by atoms with E-state index >= 15 is 0 Å². The minimum absolute atomic E-state index is 0.0373. The summed E-state index contributed by atoms with van der Waals surface area (Å²) >= 11 is 1.61. The van der Waals surface area contributed by atoms with Crippen LogP contribution in [0.25, 0.3) is 0 Å². The van der Waals surface area contributed by atoms with E-state index in [2.05, 4.69) is 6.07 Å². The monoisotopic (exact) mass is 395 g/mol. The molecule has 0 aromatic heterocycles. The van der Waals surface area contributed by atoms with Gasteiger partial charge in [-0.3, -0.25) is 0 Å². The third-order valence-corrected chi connectivity index (χ3v) is 5.12. The highest BCUT2D eigenvalue weighted by Crippen LogP contribution is 2.31. The Morgan fingerprint density at radius 2 is 1.85 bits per heavy atom. The molecule has 0 aliphatic rings. The maximum absolute atomic E-state index is 12.6. The van der Waals surface area contributed by atoms with Crippen molar-refractivity contribution in [1.82, 2.24) is 0 Å². The topological polar surface area (TPSA) is 42.2 Å². The molecule has 7 heteroatoms. The van der Waals surface area contributed by atoms with Crippen molar-refractivity contribution in [2.24, 2.45) is 5.92 Å². The van der Waals surface area contributed by atoms with Gasteiger partial charge in [-0.15, -0.1) is 11.8 Å². The first-order chi connectivity index (χ1) is 12.8. The summed E-state index contributed by atoms with van der Waals surface area (Å²) in [5.74, 6) is 1.81. The molecule has 0 N–H and O–H groups in total. The first-order valence-corrected chi connectivity index (χ1v) is 9.26. The van der Waals surface area contributed by atoms with Crippen LogP contribution in [0.2, 0.25) is 0 Å². The van der Waals surface area contributed by atoms with E-state index in [0.29, 0.717) is 17.9 Å². The van der Waals surface area contributed by atoms with Gasteiger partial charge in [0.25, 0.3) is 0 Å². The lowest BCUT2D eigenvalue weighted by Crippen LogP contribution is -2.14. The molecule has 0 saturated carbocycles. The van der Waals surface area contributed by atoms with Crippen molar-refractivity contribution in [1.29, 1.82) is 5.26 Å². The molecule has 1 atom stereocenters. The van der Waals surface area contributed by atoms with Crippen LogP contribution in [-0.4, -0.2) is 19.5 Å². The summed E-state index contributed by atoms with van der Waals surface area (Å²) in [6.07, 6.45) is -4.06. The predicted molar refractivity (Wildman–Crippen MR) is 99.1 cm³/mol. The SMILES string of the molecule is COc1ccc(SCC(CC#N)COc2ccc(C(F)(F)F)cc2)cc1C. The molecule has 2 aromatic carbocycles. The van der Waals surface area contributed by atoms with E-state index in [0.717, 1.165) is 28.3 Å². The average molecular weight is 395 g/mol. The lowest BCUT2D eigenvalue weighted by molar-refractivity contribution is -0.137. The molecule has 0 aliphatic carbocycles. The molecular weight excluding hydrogens is 375 g/mol. The first-order valence-electron chi connectivity index (χ1n) is 8.28. The van der Waals surface area contributed by atoms with Crippen molar-refractivity contribution in [2.75, 3.05) is 19.5 Å². The number of benzene rings is 2. The van der Waals surface area contributed by atoms with E-state index in [1.54, 1.807) is 18.9 Å². The van der Waals surface area contributed by atoms with Crippen LogP contribution >= 0.6 is 11.8 Å². The van der Waals surface area contributed by atoms with Crippen LogP contribution in [0.5, 0.6) is 11.5 Å². The van der Waals surface area contributed by atoms with E-state index in [-0.39, 0.29) is 12.5 Å². The number of thioether (sulfide) groups is 1. The fourth-order valence-electron chi connectivity index (χ4n) is 2.40. The first kappa shape index (κ1) is 21.0.